The Morgan fingerprint density at radius 1 is 0.783 bits per heavy atom. The number of aryl methyl sites for hydroxylation is 1. The van der Waals surface area contributed by atoms with Crippen molar-refractivity contribution < 1.29 is 0 Å². The highest BCUT2D eigenvalue weighted by Crippen LogP contribution is 2.48. The summed E-state index contributed by atoms with van der Waals surface area (Å²) in [7, 11) is 0. The fourth-order valence-corrected chi connectivity index (χ4v) is 9.69. The van der Waals surface area contributed by atoms with Crippen LogP contribution >= 0.6 is 11.3 Å². The van der Waals surface area contributed by atoms with E-state index in [4.69, 9.17) is 0 Å². The Morgan fingerprint density at radius 2 is 1.59 bits per heavy atom. The van der Waals surface area contributed by atoms with Crippen LogP contribution in [0.15, 0.2) is 109 Å². The molecule has 0 bridgehead atoms. The first-order chi connectivity index (χ1) is 22.6. The van der Waals surface area contributed by atoms with Gasteiger partial charge < -0.3 is 9.47 Å². The number of hydrogen-bond acceptors (Lipinski definition) is 2. The molecule has 3 heteroatoms. The number of para-hydroxylation sites is 2. The summed E-state index contributed by atoms with van der Waals surface area (Å²) in [5.74, 6) is 0. The summed E-state index contributed by atoms with van der Waals surface area (Å²) in [6, 6.07) is 39.2. The largest absolute Gasteiger partial charge is 0.334 e. The lowest BCUT2D eigenvalue weighted by Crippen LogP contribution is -2.36. The number of benzene rings is 5. The highest BCUT2D eigenvalue weighted by Gasteiger charge is 2.35. The van der Waals surface area contributed by atoms with Gasteiger partial charge in [0.05, 0.1) is 22.8 Å². The van der Waals surface area contributed by atoms with E-state index in [-0.39, 0.29) is 11.5 Å². The molecule has 0 saturated heterocycles. The van der Waals surface area contributed by atoms with Crippen LogP contribution in [0.1, 0.15) is 48.9 Å². The molecule has 0 fully saturated rings. The third-order valence-corrected chi connectivity index (χ3v) is 11.9. The van der Waals surface area contributed by atoms with Crippen LogP contribution in [0, 0.1) is 0 Å². The van der Waals surface area contributed by atoms with Crippen molar-refractivity contribution in [1.82, 2.24) is 4.57 Å². The topological polar surface area (TPSA) is 8.17 Å². The summed E-state index contributed by atoms with van der Waals surface area (Å²) in [6.07, 6.45) is 12.8. The molecule has 7 aromatic rings. The van der Waals surface area contributed by atoms with Crippen LogP contribution in [0.2, 0.25) is 0 Å². The number of anilines is 2. The maximum Gasteiger partial charge on any atom is 0.0582 e. The van der Waals surface area contributed by atoms with Crippen molar-refractivity contribution in [2.45, 2.75) is 44.6 Å². The SMILES string of the molecule is CC1(C)c2ccccc2-n2c3ccc(N(c4ccc5c(c4)CCC=C5)C4C=c5sc6ccccc6c5=CC4)cc3c3cccc1c32. The molecule has 1 atom stereocenters. The van der Waals surface area contributed by atoms with E-state index in [1.54, 1.807) is 0 Å². The first-order valence-electron chi connectivity index (χ1n) is 16.5. The van der Waals surface area contributed by atoms with Crippen LogP contribution in [0.3, 0.4) is 0 Å². The van der Waals surface area contributed by atoms with E-state index in [0.717, 1.165) is 19.3 Å². The molecule has 3 heterocycles. The van der Waals surface area contributed by atoms with E-state index in [0.29, 0.717) is 0 Å². The van der Waals surface area contributed by atoms with E-state index >= 15 is 0 Å². The van der Waals surface area contributed by atoms with E-state index in [1.165, 1.54) is 81.0 Å². The molecule has 2 nitrogen and oxygen atoms in total. The van der Waals surface area contributed by atoms with Gasteiger partial charge in [-0.2, -0.15) is 0 Å². The standard InChI is InChI=1S/C43H34N2S/c1-43(2)36-14-6-7-16-39(36)45-38-23-21-30(25-35(38)34-13-9-15-37(43)42(34)45)44(29-19-18-27-10-3-4-11-28(27)24-29)31-20-22-33-32-12-5-8-17-40(32)46-41(33)26-31/h3,5-10,12-19,21-26,31H,4,11,20H2,1-2H3. The van der Waals surface area contributed by atoms with Gasteiger partial charge in [-0.05, 0) is 101 Å². The van der Waals surface area contributed by atoms with Crippen molar-refractivity contribution in [2.24, 2.45) is 0 Å². The maximum absolute atomic E-state index is 2.60. The van der Waals surface area contributed by atoms with Gasteiger partial charge >= 0.3 is 0 Å². The smallest absolute Gasteiger partial charge is 0.0582 e. The molecule has 10 rings (SSSR count). The maximum atomic E-state index is 2.60. The van der Waals surface area contributed by atoms with Gasteiger partial charge in [0.2, 0.25) is 0 Å². The molecule has 5 aromatic carbocycles. The van der Waals surface area contributed by atoms with E-state index < -0.39 is 0 Å². The first kappa shape index (κ1) is 26.4. The van der Waals surface area contributed by atoms with Gasteiger partial charge in [-0.25, -0.2) is 0 Å². The van der Waals surface area contributed by atoms with Crippen LogP contribution in [-0.2, 0) is 11.8 Å². The first-order valence-corrected chi connectivity index (χ1v) is 17.3. The quantitative estimate of drug-likeness (QED) is 0.193. The Balaban J connectivity index is 1.21. The summed E-state index contributed by atoms with van der Waals surface area (Å²) in [5, 5.41) is 5.43. The van der Waals surface area contributed by atoms with Crippen molar-refractivity contribution in [3.8, 4) is 5.69 Å². The molecule has 46 heavy (non-hydrogen) atoms. The minimum atomic E-state index is -0.0677. The average molecular weight is 611 g/mol. The molecule has 0 radical (unpaired) electrons. The van der Waals surface area contributed by atoms with Gasteiger partial charge in [0.25, 0.3) is 0 Å². The van der Waals surface area contributed by atoms with Gasteiger partial charge in [0.15, 0.2) is 0 Å². The zero-order valence-corrected chi connectivity index (χ0v) is 26.9. The van der Waals surface area contributed by atoms with Crippen LogP contribution in [0.25, 0.3) is 55.8 Å². The third kappa shape index (κ3) is 3.64. The lowest BCUT2D eigenvalue weighted by atomic mass is 9.75. The molecular formula is C43H34N2S. The number of nitrogens with zero attached hydrogens (tertiary/aromatic N) is 2. The number of thiophene rings is 1. The van der Waals surface area contributed by atoms with Crippen LogP contribution in [0.4, 0.5) is 11.4 Å². The number of aromatic nitrogens is 1. The lowest BCUT2D eigenvalue weighted by molar-refractivity contribution is 0.630. The second-order valence-corrected chi connectivity index (χ2v) is 14.7. The molecule has 0 N–H and O–H groups in total. The third-order valence-electron chi connectivity index (χ3n) is 10.7. The Hall–Kier alpha value is -4.86. The van der Waals surface area contributed by atoms with Gasteiger partial charge in [0.1, 0.15) is 0 Å². The summed E-state index contributed by atoms with van der Waals surface area (Å²) >= 11 is 1.92. The van der Waals surface area contributed by atoms with E-state index in [2.05, 4.69) is 151 Å². The zero-order chi connectivity index (χ0) is 30.6. The highest BCUT2D eigenvalue weighted by molar-refractivity contribution is 7.17. The van der Waals surface area contributed by atoms with E-state index in [9.17, 15) is 0 Å². The number of fused-ring (bicyclic) bond motifs is 9. The summed E-state index contributed by atoms with van der Waals surface area (Å²) < 4.78 is 5.27. The summed E-state index contributed by atoms with van der Waals surface area (Å²) in [4.78, 5) is 2.60. The minimum absolute atomic E-state index is 0.0677. The second-order valence-electron chi connectivity index (χ2n) is 13.6. The molecular weight excluding hydrogens is 577 g/mol. The normalized spacial score (nSPS) is 17.3. The molecule has 1 unspecified atom stereocenters. The average Bonchev–Trinajstić information content (AvgIpc) is 3.63. The molecule has 0 spiro atoms. The van der Waals surface area contributed by atoms with Crippen LogP contribution in [-0.4, -0.2) is 10.6 Å². The minimum Gasteiger partial charge on any atom is -0.334 e. The van der Waals surface area contributed by atoms with Crippen molar-refractivity contribution in [3.63, 3.8) is 0 Å². The Kier molecular flexibility index (Phi) is 5.49. The number of allylic oxidation sites excluding steroid dienone is 1. The van der Waals surface area contributed by atoms with Crippen molar-refractivity contribution in [2.75, 3.05) is 4.90 Å². The van der Waals surface area contributed by atoms with Gasteiger partial charge in [-0.1, -0.05) is 92.7 Å². The predicted octanol–water partition coefficient (Wildman–Crippen LogP) is 9.77. The fourth-order valence-electron chi connectivity index (χ4n) is 8.49. The summed E-state index contributed by atoms with van der Waals surface area (Å²) in [6.45, 7) is 4.75. The Bertz CT molecular complexity index is 2560. The summed E-state index contributed by atoms with van der Waals surface area (Å²) in [5.41, 5.74) is 11.9. The van der Waals surface area contributed by atoms with Gasteiger partial charge in [-0.3, -0.25) is 0 Å². The lowest BCUT2D eigenvalue weighted by Gasteiger charge is -2.34. The number of hydrogen-bond donors (Lipinski definition) is 0. The van der Waals surface area contributed by atoms with E-state index in [1.807, 2.05) is 11.3 Å². The molecule has 0 saturated carbocycles. The monoisotopic (exact) mass is 610 g/mol. The molecule has 3 aliphatic rings. The van der Waals surface area contributed by atoms with Crippen molar-refractivity contribution in [1.29, 1.82) is 0 Å². The van der Waals surface area contributed by atoms with Crippen molar-refractivity contribution >= 4 is 72.8 Å². The van der Waals surface area contributed by atoms with Crippen LogP contribution < -0.4 is 14.7 Å². The Morgan fingerprint density at radius 3 is 2.54 bits per heavy atom. The highest BCUT2D eigenvalue weighted by atomic mass is 32.1. The molecule has 222 valence electrons. The van der Waals surface area contributed by atoms with Gasteiger partial charge in [-0.15, -0.1) is 11.3 Å². The van der Waals surface area contributed by atoms with Crippen LogP contribution in [0.5, 0.6) is 0 Å². The number of rotatable bonds is 3. The van der Waals surface area contributed by atoms with Gasteiger partial charge in [0, 0.05) is 36.8 Å². The predicted molar refractivity (Wildman–Crippen MR) is 197 cm³/mol. The zero-order valence-electron chi connectivity index (χ0n) is 26.1. The molecule has 2 aromatic heterocycles. The Labute approximate surface area is 272 Å². The molecule has 1 aliphatic heterocycles. The second kappa shape index (κ2) is 9.57. The molecule has 0 amide bonds. The molecule has 2 aliphatic carbocycles. The van der Waals surface area contributed by atoms with Crippen molar-refractivity contribution in [3.05, 3.63) is 141 Å². The fraction of sp³-hybridized carbons (Fsp3) is 0.163.